The molecule has 0 aromatic carbocycles. The summed E-state index contributed by atoms with van der Waals surface area (Å²) in [5.41, 5.74) is 2.19. The Morgan fingerprint density at radius 2 is 2.05 bits per heavy atom. The van der Waals surface area contributed by atoms with E-state index in [1.54, 1.807) is 0 Å². The van der Waals surface area contributed by atoms with Crippen LogP contribution in [0.4, 0.5) is 11.8 Å². The van der Waals surface area contributed by atoms with E-state index in [0.717, 1.165) is 35.6 Å². The average molecular weight is 277 g/mol. The van der Waals surface area contributed by atoms with Gasteiger partial charge in [-0.05, 0) is 46.7 Å². The Balaban J connectivity index is 1.98. The summed E-state index contributed by atoms with van der Waals surface area (Å²) in [5, 5.41) is 3.49. The summed E-state index contributed by atoms with van der Waals surface area (Å²) in [7, 11) is 6.17. The van der Waals surface area contributed by atoms with Crippen LogP contribution in [0, 0.1) is 13.8 Å². The molecule has 1 saturated heterocycles. The average Bonchev–Trinajstić information content (AvgIpc) is 2.80. The van der Waals surface area contributed by atoms with Crippen molar-refractivity contribution in [3.63, 3.8) is 0 Å². The second kappa shape index (κ2) is 6.39. The van der Waals surface area contributed by atoms with E-state index in [0.29, 0.717) is 0 Å². The molecule has 1 fully saturated rings. The maximum absolute atomic E-state index is 4.61. The quantitative estimate of drug-likeness (QED) is 0.892. The SMILES string of the molecule is Cc1nc(N(C)C)nc(NCC[C@H]2CCCN2C)c1C. The zero-order valence-electron chi connectivity index (χ0n) is 13.4. The Morgan fingerprint density at radius 3 is 2.65 bits per heavy atom. The summed E-state index contributed by atoms with van der Waals surface area (Å²) in [5.74, 6) is 1.75. The van der Waals surface area contributed by atoms with E-state index in [1.165, 1.54) is 25.8 Å². The van der Waals surface area contributed by atoms with Gasteiger partial charge in [0.25, 0.3) is 0 Å². The van der Waals surface area contributed by atoms with Crippen LogP contribution in [0.25, 0.3) is 0 Å². The van der Waals surface area contributed by atoms with Crippen molar-refractivity contribution in [2.75, 3.05) is 44.4 Å². The van der Waals surface area contributed by atoms with Crippen molar-refractivity contribution in [1.82, 2.24) is 14.9 Å². The highest BCUT2D eigenvalue weighted by Gasteiger charge is 2.20. The van der Waals surface area contributed by atoms with Gasteiger partial charge in [-0.3, -0.25) is 0 Å². The highest BCUT2D eigenvalue weighted by molar-refractivity contribution is 5.50. The standard InChI is InChI=1S/C15H27N5/c1-11-12(2)17-15(19(3)4)18-14(11)16-9-8-13-7-6-10-20(13)5/h13H,6-10H2,1-5H3,(H,16,17,18)/t13-/m1/s1. The number of nitrogens with zero attached hydrogens (tertiary/aromatic N) is 4. The third kappa shape index (κ3) is 3.39. The van der Waals surface area contributed by atoms with Crippen molar-refractivity contribution in [2.45, 2.75) is 39.2 Å². The van der Waals surface area contributed by atoms with Crippen LogP contribution in [0.15, 0.2) is 0 Å². The molecule has 0 spiro atoms. The van der Waals surface area contributed by atoms with Crippen LogP contribution in [0.5, 0.6) is 0 Å². The Morgan fingerprint density at radius 1 is 1.30 bits per heavy atom. The summed E-state index contributed by atoms with van der Waals surface area (Å²) in [6.07, 6.45) is 3.83. The van der Waals surface area contributed by atoms with Gasteiger partial charge >= 0.3 is 0 Å². The molecular weight excluding hydrogens is 250 g/mol. The van der Waals surface area contributed by atoms with Gasteiger partial charge in [-0.25, -0.2) is 4.98 Å². The van der Waals surface area contributed by atoms with E-state index < -0.39 is 0 Å². The van der Waals surface area contributed by atoms with Crippen LogP contribution in [-0.4, -0.2) is 55.1 Å². The van der Waals surface area contributed by atoms with E-state index in [2.05, 4.69) is 34.2 Å². The molecule has 0 bridgehead atoms. The summed E-state index contributed by atoms with van der Waals surface area (Å²) in [6, 6.07) is 0.721. The van der Waals surface area contributed by atoms with Crippen molar-refractivity contribution in [3.8, 4) is 0 Å². The Labute approximate surface area is 122 Å². The van der Waals surface area contributed by atoms with Crippen LogP contribution in [0.2, 0.25) is 0 Å². The predicted molar refractivity (Wildman–Crippen MR) is 84.6 cm³/mol. The number of nitrogens with one attached hydrogen (secondary N) is 1. The molecule has 0 radical (unpaired) electrons. The molecule has 1 aromatic heterocycles. The fourth-order valence-corrected chi connectivity index (χ4v) is 2.69. The predicted octanol–water partition coefficient (Wildman–Crippen LogP) is 2.06. The first-order chi connectivity index (χ1) is 9.49. The topological polar surface area (TPSA) is 44.3 Å². The fourth-order valence-electron chi connectivity index (χ4n) is 2.69. The monoisotopic (exact) mass is 277 g/mol. The Hall–Kier alpha value is -1.36. The number of likely N-dealkylation sites (tertiary alicyclic amines) is 1. The molecule has 112 valence electrons. The van der Waals surface area contributed by atoms with Crippen LogP contribution in [0.1, 0.15) is 30.5 Å². The molecule has 1 aromatic rings. The van der Waals surface area contributed by atoms with Gasteiger partial charge in [0.2, 0.25) is 5.95 Å². The molecule has 1 aliphatic rings. The van der Waals surface area contributed by atoms with E-state index in [-0.39, 0.29) is 0 Å². The van der Waals surface area contributed by atoms with E-state index in [1.807, 2.05) is 25.9 Å². The largest absolute Gasteiger partial charge is 0.370 e. The normalized spacial score (nSPS) is 19.4. The minimum atomic E-state index is 0.721. The summed E-state index contributed by atoms with van der Waals surface area (Å²) < 4.78 is 0. The van der Waals surface area contributed by atoms with Gasteiger partial charge in [0.1, 0.15) is 5.82 Å². The maximum atomic E-state index is 4.61. The van der Waals surface area contributed by atoms with Crippen molar-refractivity contribution in [3.05, 3.63) is 11.3 Å². The van der Waals surface area contributed by atoms with Crippen LogP contribution in [0.3, 0.4) is 0 Å². The first-order valence-corrected chi connectivity index (χ1v) is 7.45. The Bertz CT molecular complexity index is 458. The molecule has 2 heterocycles. The summed E-state index contributed by atoms with van der Waals surface area (Å²) in [6.45, 7) is 6.33. The van der Waals surface area contributed by atoms with Crippen LogP contribution < -0.4 is 10.2 Å². The molecular formula is C15H27N5. The number of hydrogen-bond donors (Lipinski definition) is 1. The summed E-state index contributed by atoms with van der Waals surface area (Å²) >= 11 is 0. The molecule has 1 aliphatic heterocycles. The zero-order valence-corrected chi connectivity index (χ0v) is 13.4. The minimum Gasteiger partial charge on any atom is -0.370 e. The molecule has 0 saturated carbocycles. The number of rotatable bonds is 5. The lowest BCUT2D eigenvalue weighted by atomic mass is 10.1. The van der Waals surface area contributed by atoms with Gasteiger partial charge in [-0.15, -0.1) is 0 Å². The van der Waals surface area contributed by atoms with E-state index in [4.69, 9.17) is 0 Å². The van der Waals surface area contributed by atoms with Gasteiger partial charge in [-0.1, -0.05) is 0 Å². The number of anilines is 2. The van der Waals surface area contributed by atoms with Gasteiger partial charge < -0.3 is 15.1 Å². The molecule has 5 nitrogen and oxygen atoms in total. The second-order valence-electron chi connectivity index (χ2n) is 5.97. The number of aromatic nitrogens is 2. The van der Waals surface area contributed by atoms with Crippen molar-refractivity contribution < 1.29 is 0 Å². The minimum absolute atomic E-state index is 0.721. The molecule has 0 aliphatic carbocycles. The molecule has 20 heavy (non-hydrogen) atoms. The number of aryl methyl sites for hydroxylation is 1. The zero-order chi connectivity index (χ0) is 14.7. The highest BCUT2D eigenvalue weighted by atomic mass is 15.2. The lowest BCUT2D eigenvalue weighted by Gasteiger charge is -2.20. The van der Waals surface area contributed by atoms with Gasteiger partial charge in [0, 0.05) is 37.9 Å². The van der Waals surface area contributed by atoms with Crippen LogP contribution in [-0.2, 0) is 0 Å². The highest BCUT2D eigenvalue weighted by Crippen LogP contribution is 2.20. The molecule has 0 unspecified atom stereocenters. The summed E-state index contributed by atoms with van der Waals surface area (Å²) in [4.78, 5) is 13.5. The molecule has 0 amide bonds. The number of hydrogen-bond acceptors (Lipinski definition) is 5. The second-order valence-corrected chi connectivity index (χ2v) is 5.97. The molecule has 1 N–H and O–H groups in total. The third-order valence-electron chi connectivity index (χ3n) is 4.22. The first kappa shape index (κ1) is 15.0. The van der Waals surface area contributed by atoms with Crippen molar-refractivity contribution in [1.29, 1.82) is 0 Å². The molecule has 2 rings (SSSR count). The molecule has 1 atom stereocenters. The van der Waals surface area contributed by atoms with Gasteiger partial charge in [0.05, 0.1) is 0 Å². The van der Waals surface area contributed by atoms with Crippen LogP contribution >= 0.6 is 0 Å². The lowest BCUT2D eigenvalue weighted by Crippen LogP contribution is -2.27. The van der Waals surface area contributed by atoms with Crippen molar-refractivity contribution >= 4 is 11.8 Å². The smallest absolute Gasteiger partial charge is 0.227 e. The Kier molecular flexibility index (Phi) is 4.81. The fraction of sp³-hybridized carbons (Fsp3) is 0.733. The third-order valence-corrected chi connectivity index (χ3v) is 4.22. The van der Waals surface area contributed by atoms with E-state index in [9.17, 15) is 0 Å². The van der Waals surface area contributed by atoms with Gasteiger partial charge in [-0.2, -0.15) is 4.98 Å². The lowest BCUT2D eigenvalue weighted by molar-refractivity contribution is 0.301. The first-order valence-electron chi connectivity index (χ1n) is 7.45. The maximum Gasteiger partial charge on any atom is 0.227 e. The molecule has 5 heteroatoms. The van der Waals surface area contributed by atoms with Crippen molar-refractivity contribution in [2.24, 2.45) is 0 Å². The van der Waals surface area contributed by atoms with Gasteiger partial charge in [0.15, 0.2) is 0 Å². The van der Waals surface area contributed by atoms with E-state index >= 15 is 0 Å².